The van der Waals surface area contributed by atoms with Gasteiger partial charge in [0.15, 0.2) is 6.29 Å². The Hall–Kier alpha value is -0.330. The van der Waals surface area contributed by atoms with Gasteiger partial charge in [-0.3, -0.25) is 4.55 Å². The molecule has 9 nitrogen and oxygen atoms in total. The number of hydrogen-bond donors (Lipinski definition) is 3. The average molecular weight is 288 g/mol. The Kier molecular flexibility index (Phi) is 5.43. The highest BCUT2D eigenvalue weighted by atomic mass is 32.3. The van der Waals surface area contributed by atoms with Crippen molar-refractivity contribution in [1.82, 2.24) is 0 Å². The lowest BCUT2D eigenvalue weighted by Crippen LogP contribution is -2.60. The maximum Gasteiger partial charge on any atom is 0.397 e. The highest BCUT2D eigenvalue weighted by Gasteiger charge is 2.45. The Morgan fingerprint density at radius 3 is 2.17 bits per heavy atom. The molecule has 1 aliphatic rings. The normalized spacial score (nSPS) is 37.7. The van der Waals surface area contributed by atoms with Crippen LogP contribution in [0.2, 0.25) is 0 Å². The summed E-state index contributed by atoms with van der Waals surface area (Å²) in [6.45, 7) is -0.659. The number of aliphatic hydroxyl groups is 2. The third-order valence-corrected chi connectivity index (χ3v) is 3.00. The molecule has 18 heavy (non-hydrogen) atoms. The third-order valence-electron chi connectivity index (χ3n) is 2.56. The van der Waals surface area contributed by atoms with Gasteiger partial charge in [-0.15, -0.1) is 0 Å². The van der Waals surface area contributed by atoms with E-state index in [1.165, 1.54) is 14.2 Å². The molecule has 0 aromatic heterocycles. The van der Waals surface area contributed by atoms with Gasteiger partial charge in [-0.25, -0.2) is 4.18 Å². The molecule has 0 amide bonds. The molecule has 1 heterocycles. The average Bonchev–Trinajstić information content (AvgIpc) is 2.28. The maximum absolute atomic E-state index is 10.4. The van der Waals surface area contributed by atoms with Crippen LogP contribution >= 0.6 is 0 Å². The molecule has 0 aliphatic carbocycles. The number of hydrogen-bond acceptors (Lipinski definition) is 8. The van der Waals surface area contributed by atoms with Crippen LogP contribution in [0.3, 0.4) is 0 Å². The summed E-state index contributed by atoms with van der Waals surface area (Å²) in [5, 5.41) is 19.4. The largest absolute Gasteiger partial charge is 0.397 e. The predicted molar refractivity (Wildman–Crippen MR) is 56.0 cm³/mol. The summed E-state index contributed by atoms with van der Waals surface area (Å²) >= 11 is 0. The van der Waals surface area contributed by atoms with E-state index in [9.17, 15) is 18.6 Å². The van der Waals surface area contributed by atoms with Crippen molar-refractivity contribution in [2.24, 2.45) is 0 Å². The van der Waals surface area contributed by atoms with Crippen LogP contribution < -0.4 is 0 Å². The van der Waals surface area contributed by atoms with Crippen molar-refractivity contribution in [1.29, 1.82) is 0 Å². The fourth-order valence-corrected chi connectivity index (χ4v) is 2.03. The fourth-order valence-electron chi connectivity index (χ4n) is 1.72. The molecule has 1 rings (SSSR count). The van der Waals surface area contributed by atoms with E-state index in [0.29, 0.717) is 0 Å². The van der Waals surface area contributed by atoms with Gasteiger partial charge >= 0.3 is 10.4 Å². The van der Waals surface area contributed by atoms with Crippen molar-refractivity contribution in [2.45, 2.75) is 30.7 Å². The first kappa shape index (κ1) is 15.7. The minimum atomic E-state index is -4.65. The Bertz CT molecular complexity index is 356. The van der Waals surface area contributed by atoms with E-state index in [1.54, 1.807) is 0 Å². The van der Waals surface area contributed by atoms with Crippen LogP contribution in [0.1, 0.15) is 0 Å². The zero-order chi connectivity index (χ0) is 13.9. The van der Waals surface area contributed by atoms with E-state index in [4.69, 9.17) is 18.8 Å². The molecule has 1 saturated heterocycles. The number of rotatable bonds is 5. The van der Waals surface area contributed by atoms with Crippen LogP contribution in [0.4, 0.5) is 0 Å². The summed E-state index contributed by atoms with van der Waals surface area (Å²) < 4.78 is 48.1. The molecule has 10 heteroatoms. The molecule has 0 radical (unpaired) electrons. The Morgan fingerprint density at radius 2 is 1.72 bits per heavy atom. The zero-order valence-corrected chi connectivity index (χ0v) is 10.6. The quantitative estimate of drug-likeness (QED) is 0.487. The van der Waals surface area contributed by atoms with Crippen LogP contribution in [-0.2, 0) is 28.8 Å². The fraction of sp³-hybridized carbons (Fsp3) is 1.00. The van der Waals surface area contributed by atoms with Gasteiger partial charge in [0.2, 0.25) is 0 Å². The van der Waals surface area contributed by atoms with E-state index >= 15 is 0 Å². The highest BCUT2D eigenvalue weighted by Crippen LogP contribution is 2.24. The van der Waals surface area contributed by atoms with Crippen LogP contribution in [0.5, 0.6) is 0 Å². The standard InChI is InChI=1S/C8H16O9S/c1-14-6-5(9)4(3-16-18(11,12)13)17-8(10)7(6)15-2/h4-10H,3H2,1-2H3,(H,11,12,13)/t4-,5-,6+,7-,8+/m1/s1. The van der Waals surface area contributed by atoms with E-state index in [-0.39, 0.29) is 0 Å². The van der Waals surface area contributed by atoms with Gasteiger partial charge in [0.25, 0.3) is 0 Å². The Labute approximate surface area is 104 Å². The van der Waals surface area contributed by atoms with Gasteiger partial charge in [-0.1, -0.05) is 0 Å². The van der Waals surface area contributed by atoms with Crippen molar-refractivity contribution in [3.05, 3.63) is 0 Å². The number of ether oxygens (including phenoxy) is 3. The second-order valence-corrected chi connectivity index (χ2v) is 4.76. The van der Waals surface area contributed by atoms with Crippen molar-refractivity contribution in [2.75, 3.05) is 20.8 Å². The van der Waals surface area contributed by atoms with Gasteiger partial charge in [0.05, 0.1) is 6.61 Å². The minimum Gasteiger partial charge on any atom is -0.387 e. The Balaban J connectivity index is 2.71. The van der Waals surface area contributed by atoms with Crippen molar-refractivity contribution in [3.63, 3.8) is 0 Å². The maximum atomic E-state index is 10.4. The monoisotopic (exact) mass is 288 g/mol. The molecule has 0 aromatic rings. The summed E-state index contributed by atoms with van der Waals surface area (Å²) in [7, 11) is -2.07. The van der Waals surface area contributed by atoms with Gasteiger partial charge < -0.3 is 24.4 Å². The smallest absolute Gasteiger partial charge is 0.387 e. The SMILES string of the molecule is CO[C@@H]1[C@@H](OC)[C@H](O)[C@@H](COS(=O)(=O)O)O[C@@H]1O. The van der Waals surface area contributed by atoms with Gasteiger partial charge in [-0.05, 0) is 0 Å². The van der Waals surface area contributed by atoms with E-state index < -0.39 is 47.7 Å². The minimum absolute atomic E-state index is 0.659. The van der Waals surface area contributed by atoms with Crippen molar-refractivity contribution in [3.8, 4) is 0 Å². The summed E-state index contributed by atoms with van der Waals surface area (Å²) in [6, 6.07) is 0. The lowest BCUT2D eigenvalue weighted by Gasteiger charge is -2.41. The summed E-state index contributed by atoms with van der Waals surface area (Å²) in [4.78, 5) is 0. The number of aliphatic hydroxyl groups excluding tert-OH is 2. The van der Waals surface area contributed by atoms with Crippen LogP contribution in [0.15, 0.2) is 0 Å². The lowest BCUT2D eigenvalue weighted by atomic mass is 9.99. The molecule has 0 bridgehead atoms. The summed E-state index contributed by atoms with van der Waals surface area (Å²) in [5.41, 5.74) is 0. The van der Waals surface area contributed by atoms with Crippen LogP contribution in [0.25, 0.3) is 0 Å². The first-order valence-electron chi connectivity index (χ1n) is 4.99. The van der Waals surface area contributed by atoms with Gasteiger partial charge in [-0.2, -0.15) is 8.42 Å². The summed E-state index contributed by atoms with van der Waals surface area (Å²) in [5.74, 6) is 0. The van der Waals surface area contributed by atoms with Crippen molar-refractivity contribution >= 4 is 10.4 Å². The van der Waals surface area contributed by atoms with Crippen LogP contribution in [-0.4, -0.2) is 74.7 Å². The van der Waals surface area contributed by atoms with Gasteiger partial charge in [0.1, 0.15) is 24.4 Å². The second-order valence-electron chi connectivity index (χ2n) is 3.67. The molecular formula is C8H16O9S. The first-order chi connectivity index (χ1) is 8.30. The molecule has 3 N–H and O–H groups in total. The summed E-state index contributed by atoms with van der Waals surface area (Å²) in [6.07, 6.45) is -5.73. The van der Waals surface area contributed by atoms with Crippen LogP contribution in [0, 0.1) is 0 Å². The second kappa shape index (κ2) is 6.21. The molecule has 0 spiro atoms. The highest BCUT2D eigenvalue weighted by molar-refractivity contribution is 7.80. The molecule has 0 unspecified atom stereocenters. The van der Waals surface area contributed by atoms with Gasteiger partial charge in [0, 0.05) is 14.2 Å². The topological polar surface area (TPSA) is 132 Å². The third kappa shape index (κ3) is 3.83. The molecule has 5 atom stereocenters. The molecule has 0 aromatic carbocycles. The molecule has 1 fully saturated rings. The molecule has 108 valence electrons. The predicted octanol–water partition coefficient (Wildman–Crippen LogP) is -2.09. The lowest BCUT2D eigenvalue weighted by molar-refractivity contribution is -0.294. The molecule has 0 saturated carbocycles. The van der Waals surface area contributed by atoms with Crippen molar-refractivity contribution < 1.29 is 41.6 Å². The number of methoxy groups -OCH3 is 2. The van der Waals surface area contributed by atoms with E-state index in [2.05, 4.69) is 4.18 Å². The Morgan fingerprint density at radius 1 is 1.17 bits per heavy atom. The van der Waals surface area contributed by atoms with E-state index in [1.807, 2.05) is 0 Å². The zero-order valence-electron chi connectivity index (χ0n) is 9.79. The molecular weight excluding hydrogens is 272 g/mol. The molecule has 1 aliphatic heterocycles. The first-order valence-corrected chi connectivity index (χ1v) is 6.35. The van der Waals surface area contributed by atoms with E-state index in [0.717, 1.165) is 0 Å².